The number of nitrogens with zero attached hydrogens (tertiary/aromatic N) is 2. The summed E-state index contributed by atoms with van der Waals surface area (Å²) < 4.78 is 1.22. The molecule has 0 aliphatic rings. The number of aromatic amines is 1. The summed E-state index contributed by atoms with van der Waals surface area (Å²) in [6.45, 7) is 2.54. The van der Waals surface area contributed by atoms with Crippen LogP contribution in [0.1, 0.15) is 13.3 Å². The third-order valence-electron chi connectivity index (χ3n) is 5.10. The van der Waals surface area contributed by atoms with Gasteiger partial charge < -0.3 is 4.90 Å². The van der Waals surface area contributed by atoms with Crippen molar-refractivity contribution in [1.82, 2.24) is 9.78 Å². The first-order valence-electron chi connectivity index (χ1n) is 9.59. The number of fused-ring (bicyclic) bond motifs is 2. The molecule has 0 saturated carbocycles. The van der Waals surface area contributed by atoms with E-state index in [1.54, 1.807) is 29.2 Å². The molecule has 146 valence electrons. The summed E-state index contributed by atoms with van der Waals surface area (Å²) in [4.78, 5) is 39.4. The van der Waals surface area contributed by atoms with Crippen molar-refractivity contribution in [2.45, 2.75) is 19.9 Å². The molecule has 3 aromatic carbocycles. The zero-order valence-corrected chi connectivity index (χ0v) is 16.1. The standard InChI is InChI=1S/C23H21N3O3/c1-2-25(18-12-11-16-7-3-4-8-17(16)15-18)21(27)13-14-26-23(29)20-10-6-5-9-19(20)22(28)24-26/h3-12,15H,2,13-14H2,1H3,(H,24,28). The lowest BCUT2D eigenvalue weighted by Gasteiger charge is -2.22. The van der Waals surface area contributed by atoms with Crippen molar-refractivity contribution in [1.29, 1.82) is 0 Å². The second kappa shape index (κ2) is 7.75. The minimum Gasteiger partial charge on any atom is -0.313 e. The number of benzene rings is 3. The molecular formula is C23H21N3O3. The van der Waals surface area contributed by atoms with Crippen molar-refractivity contribution < 1.29 is 4.79 Å². The molecule has 6 nitrogen and oxygen atoms in total. The van der Waals surface area contributed by atoms with Crippen LogP contribution in [-0.2, 0) is 11.3 Å². The van der Waals surface area contributed by atoms with Gasteiger partial charge in [0.1, 0.15) is 0 Å². The van der Waals surface area contributed by atoms with Crippen LogP contribution in [0.3, 0.4) is 0 Å². The first-order valence-corrected chi connectivity index (χ1v) is 9.59. The molecule has 0 bridgehead atoms. The quantitative estimate of drug-likeness (QED) is 0.571. The molecular weight excluding hydrogens is 366 g/mol. The van der Waals surface area contributed by atoms with E-state index in [1.807, 2.05) is 49.4 Å². The number of carbonyl (C=O) groups is 1. The van der Waals surface area contributed by atoms with Gasteiger partial charge in [-0.2, -0.15) is 0 Å². The minimum atomic E-state index is -0.338. The lowest BCUT2D eigenvalue weighted by atomic mass is 10.1. The summed E-state index contributed by atoms with van der Waals surface area (Å²) >= 11 is 0. The second-order valence-electron chi connectivity index (χ2n) is 6.86. The van der Waals surface area contributed by atoms with Crippen molar-refractivity contribution in [3.8, 4) is 0 Å². The van der Waals surface area contributed by atoms with E-state index in [0.717, 1.165) is 16.5 Å². The Morgan fingerprint density at radius 3 is 2.38 bits per heavy atom. The molecule has 6 heteroatoms. The highest BCUT2D eigenvalue weighted by Crippen LogP contribution is 2.22. The maximum Gasteiger partial charge on any atom is 0.273 e. The van der Waals surface area contributed by atoms with Crippen LogP contribution in [0.5, 0.6) is 0 Å². The van der Waals surface area contributed by atoms with Crippen molar-refractivity contribution in [2.24, 2.45) is 0 Å². The first-order chi connectivity index (χ1) is 14.1. The lowest BCUT2D eigenvalue weighted by Crippen LogP contribution is -2.34. The van der Waals surface area contributed by atoms with E-state index in [0.29, 0.717) is 17.3 Å². The fourth-order valence-corrected chi connectivity index (χ4v) is 3.59. The van der Waals surface area contributed by atoms with Gasteiger partial charge in [-0.15, -0.1) is 0 Å². The molecule has 1 N–H and O–H groups in total. The normalized spacial score (nSPS) is 11.1. The van der Waals surface area contributed by atoms with E-state index in [9.17, 15) is 14.4 Å². The van der Waals surface area contributed by atoms with E-state index in [2.05, 4.69) is 5.10 Å². The van der Waals surface area contributed by atoms with Gasteiger partial charge in [-0.25, -0.2) is 4.68 Å². The predicted molar refractivity (Wildman–Crippen MR) is 115 cm³/mol. The van der Waals surface area contributed by atoms with Crippen LogP contribution in [0, 0.1) is 0 Å². The van der Waals surface area contributed by atoms with Crippen LogP contribution in [0.2, 0.25) is 0 Å². The Bertz CT molecular complexity index is 1320. The molecule has 0 aliphatic carbocycles. The zero-order chi connectivity index (χ0) is 20.4. The second-order valence-corrected chi connectivity index (χ2v) is 6.86. The fraction of sp³-hybridized carbons (Fsp3) is 0.174. The van der Waals surface area contributed by atoms with Crippen molar-refractivity contribution in [2.75, 3.05) is 11.4 Å². The Kier molecular flexibility index (Phi) is 4.99. The molecule has 1 amide bonds. The van der Waals surface area contributed by atoms with Gasteiger partial charge in [-0.1, -0.05) is 42.5 Å². The molecule has 1 heterocycles. The van der Waals surface area contributed by atoms with Crippen LogP contribution in [0.15, 0.2) is 76.3 Å². The number of nitrogens with one attached hydrogen (secondary N) is 1. The van der Waals surface area contributed by atoms with Crippen LogP contribution >= 0.6 is 0 Å². The highest BCUT2D eigenvalue weighted by molar-refractivity contribution is 5.96. The van der Waals surface area contributed by atoms with Gasteiger partial charge >= 0.3 is 0 Å². The monoisotopic (exact) mass is 387 g/mol. The van der Waals surface area contributed by atoms with Crippen molar-refractivity contribution in [3.05, 3.63) is 87.4 Å². The number of rotatable bonds is 5. The van der Waals surface area contributed by atoms with E-state index < -0.39 is 0 Å². The third kappa shape index (κ3) is 3.57. The van der Waals surface area contributed by atoms with Crippen molar-refractivity contribution >= 4 is 33.1 Å². The van der Waals surface area contributed by atoms with Gasteiger partial charge in [-0.05, 0) is 42.0 Å². The molecule has 0 aliphatic heterocycles. The topological polar surface area (TPSA) is 75.2 Å². The van der Waals surface area contributed by atoms with Gasteiger partial charge in [-0.3, -0.25) is 19.5 Å². The Balaban J connectivity index is 1.58. The van der Waals surface area contributed by atoms with Gasteiger partial charge in [0.15, 0.2) is 0 Å². The molecule has 29 heavy (non-hydrogen) atoms. The fourth-order valence-electron chi connectivity index (χ4n) is 3.59. The number of H-pyrrole nitrogens is 1. The van der Waals surface area contributed by atoms with Gasteiger partial charge in [0, 0.05) is 18.7 Å². The number of amides is 1. The summed E-state index contributed by atoms with van der Waals surface area (Å²) in [5.41, 5.74) is 0.173. The summed E-state index contributed by atoms with van der Waals surface area (Å²) in [6, 6.07) is 20.6. The van der Waals surface area contributed by atoms with Crippen LogP contribution in [0.25, 0.3) is 21.5 Å². The summed E-state index contributed by atoms with van der Waals surface area (Å²) in [7, 11) is 0. The Labute approximate surface area is 167 Å². The van der Waals surface area contributed by atoms with Crippen LogP contribution in [0.4, 0.5) is 5.69 Å². The predicted octanol–water partition coefficient (Wildman–Crippen LogP) is 3.29. The average Bonchev–Trinajstić information content (AvgIpc) is 2.75. The maximum atomic E-state index is 12.9. The van der Waals surface area contributed by atoms with E-state index in [4.69, 9.17) is 0 Å². The molecule has 4 rings (SSSR count). The highest BCUT2D eigenvalue weighted by atomic mass is 16.2. The molecule has 0 radical (unpaired) electrons. The summed E-state index contributed by atoms with van der Waals surface area (Å²) in [5.74, 6) is -0.108. The van der Waals surface area contributed by atoms with Crippen molar-refractivity contribution in [3.63, 3.8) is 0 Å². The number of aryl methyl sites for hydroxylation is 1. The smallest absolute Gasteiger partial charge is 0.273 e. The number of hydrogen-bond donors (Lipinski definition) is 1. The number of aromatic nitrogens is 2. The molecule has 0 atom stereocenters. The van der Waals surface area contributed by atoms with E-state index in [-0.39, 0.29) is 30.0 Å². The Hall–Kier alpha value is -3.67. The minimum absolute atomic E-state index is 0.106. The van der Waals surface area contributed by atoms with Crippen LogP contribution < -0.4 is 16.0 Å². The SMILES string of the molecule is CCN(C(=O)CCn1[nH]c(=O)c2ccccc2c1=O)c1ccc2ccccc2c1. The van der Waals surface area contributed by atoms with Gasteiger partial charge in [0.05, 0.1) is 17.3 Å². The molecule has 4 aromatic rings. The Morgan fingerprint density at radius 2 is 1.62 bits per heavy atom. The largest absolute Gasteiger partial charge is 0.313 e. The molecule has 0 saturated heterocycles. The van der Waals surface area contributed by atoms with Gasteiger partial charge in [0.2, 0.25) is 5.91 Å². The maximum absolute atomic E-state index is 12.9. The number of hydrogen-bond acceptors (Lipinski definition) is 3. The van der Waals surface area contributed by atoms with Gasteiger partial charge in [0.25, 0.3) is 11.1 Å². The van der Waals surface area contributed by atoms with E-state index >= 15 is 0 Å². The number of anilines is 1. The zero-order valence-electron chi connectivity index (χ0n) is 16.1. The lowest BCUT2D eigenvalue weighted by molar-refractivity contribution is -0.118. The molecule has 1 aromatic heterocycles. The Morgan fingerprint density at radius 1 is 0.931 bits per heavy atom. The average molecular weight is 387 g/mol. The first kappa shape index (κ1) is 18.7. The molecule has 0 unspecified atom stereocenters. The highest BCUT2D eigenvalue weighted by Gasteiger charge is 2.15. The number of carbonyl (C=O) groups excluding carboxylic acids is 1. The molecule has 0 spiro atoms. The summed E-state index contributed by atoms with van der Waals surface area (Å²) in [5, 5.41) is 5.45. The molecule has 0 fully saturated rings. The summed E-state index contributed by atoms with van der Waals surface area (Å²) in [6.07, 6.45) is 0.106. The van der Waals surface area contributed by atoms with E-state index in [1.165, 1.54) is 4.68 Å². The van der Waals surface area contributed by atoms with Crippen LogP contribution in [-0.4, -0.2) is 22.2 Å². The third-order valence-corrected chi connectivity index (χ3v) is 5.10.